The number of hydrogen-bond acceptors (Lipinski definition) is 20. The lowest BCUT2D eigenvalue weighted by Gasteiger charge is -2.24. The Hall–Kier alpha value is -0.800. The van der Waals surface area contributed by atoms with Crippen molar-refractivity contribution in [3.63, 3.8) is 0 Å². The maximum atomic E-state index is 9.38. The highest BCUT2D eigenvalue weighted by Crippen LogP contribution is 2.06. The first-order valence-corrected chi connectivity index (χ1v) is 18.0. The Labute approximate surface area is 312 Å². The van der Waals surface area contributed by atoms with E-state index >= 15 is 0 Å². The van der Waals surface area contributed by atoms with Crippen LogP contribution in [0, 0.1) is 0 Å². The van der Waals surface area contributed by atoms with Crippen LogP contribution in [0.25, 0.3) is 0 Å². The normalized spacial score (nSPS) is 15.4. The van der Waals surface area contributed by atoms with E-state index in [0.717, 1.165) is 0 Å². The molecule has 0 heterocycles. The summed E-state index contributed by atoms with van der Waals surface area (Å²) in [5.41, 5.74) is 0. The Balaban J connectivity index is 4.83. The molecule has 20 nitrogen and oxygen atoms in total. The fourth-order valence-electron chi connectivity index (χ4n) is 4.27. The molecule has 0 bridgehead atoms. The maximum Gasteiger partial charge on any atom is 0.144 e. The molecular weight excluding hydrogens is 716 g/mol. The summed E-state index contributed by atoms with van der Waals surface area (Å²) in [5.74, 6) is 0. The molecule has 0 aliphatic carbocycles. The molecule has 0 spiro atoms. The van der Waals surface area contributed by atoms with Crippen LogP contribution in [0.3, 0.4) is 0 Å². The molecule has 6 unspecified atom stereocenters. The molecule has 0 fully saturated rings. The predicted molar refractivity (Wildman–Crippen MR) is 184 cm³/mol. The molecule has 0 rings (SSSR count). The van der Waals surface area contributed by atoms with Gasteiger partial charge >= 0.3 is 0 Å². The molecule has 53 heavy (non-hydrogen) atoms. The Morgan fingerprint density at radius 3 is 0.887 bits per heavy atom. The largest absolute Gasteiger partial charge is 0.396 e. The van der Waals surface area contributed by atoms with Crippen LogP contribution < -0.4 is 0 Å². The fourth-order valence-corrected chi connectivity index (χ4v) is 4.27. The smallest absolute Gasteiger partial charge is 0.144 e. The molecule has 6 atom stereocenters. The van der Waals surface area contributed by atoms with Gasteiger partial charge in [-0.1, -0.05) is 0 Å². The molecule has 0 aromatic rings. The lowest BCUT2D eigenvalue weighted by Crippen LogP contribution is -2.35. The van der Waals surface area contributed by atoms with Crippen molar-refractivity contribution in [3.05, 3.63) is 0 Å². The number of aliphatic hydroxyl groups excluding tert-OH is 7. The summed E-state index contributed by atoms with van der Waals surface area (Å²) < 4.78 is 72.2. The molecule has 0 saturated heterocycles. The highest BCUT2D eigenvalue weighted by atomic mass is 16.7. The lowest BCUT2D eigenvalue weighted by molar-refractivity contribution is -0.154. The first kappa shape index (κ1) is 52.2. The van der Waals surface area contributed by atoms with Gasteiger partial charge < -0.3 is 97.3 Å². The Morgan fingerprint density at radius 2 is 0.585 bits per heavy atom. The van der Waals surface area contributed by atoms with Gasteiger partial charge in [0.05, 0.1) is 79.3 Å². The van der Waals surface area contributed by atoms with E-state index in [9.17, 15) is 15.3 Å². The van der Waals surface area contributed by atoms with E-state index in [0.29, 0.717) is 39.1 Å². The van der Waals surface area contributed by atoms with Crippen LogP contribution in [-0.4, -0.2) is 225 Å². The van der Waals surface area contributed by atoms with E-state index in [4.69, 9.17) is 82.0 Å². The molecule has 0 saturated carbocycles. The second-order valence-corrected chi connectivity index (χ2v) is 11.3. The minimum absolute atomic E-state index is 0.00347. The van der Waals surface area contributed by atoms with Crippen molar-refractivity contribution in [2.75, 3.05) is 153 Å². The van der Waals surface area contributed by atoms with Gasteiger partial charge in [-0.2, -0.15) is 0 Å². The Kier molecular flexibility index (Phi) is 40.2. The quantitative estimate of drug-likeness (QED) is 0.0246. The zero-order valence-electron chi connectivity index (χ0n) is 31.3. The monoisotopic (exact) mass is 784 g/mol. The fraction of sp³-hybridized carbons (Fsp3) is 1.00. The third kappa shape index (κ3) is 33.1. The van der Waals surface area contributed by atoms with Gasteiger partial charge in [0.25, 0.3) is 0 Å². The average Bonchev–Trinajstić information content (AvgIpc) is 3.15. The molecule has 0 aromatic heterocycles. The van der Waals surface area contributed by atoms with Crippen LogP contribution in [0.2, 0.25) is 0 Å². The molecule has 0 amide bonds. The van der Waals surface area contributed by atoms with Gasteiger partial charge in [-0.3, -0.25) is 0 Å². The van der Waals surface area contributed by atoms with Crippen molar-refractivity contribution in [1.29, 1.82) is 0 Å². The van der Waals surface area contributed by atoms with Crippen LogP contribution in [0.5, 0.6) is 0 Å². The summed E-state index contributed by atoms with van der Waals surface area (Å²) in [6.07, 6.45) is -1.76. The minimum Gasteiger partial charge on any atom is -0.396 e. The van der Waals surface area contributed by atoms with Crippen molar-refractivity contribution in [1.82, 2.24) is 0 Å². The topological polar surface area (TPSA) is 262 Å². The van der Waals surface area contributed by atoms with Crippen LogP contribution in [0.4, 0.5) is 0 Å². The van der Waals surface area contributed by atoms with E-state index in [1.165, 1.54) is 0 Å². The van der Waals surface area contributed by atoms with E-state index < -0.39 is 51.6 Å². The summed E-state index contributed by atoms with van der Waals surface area (Å²) in [7, 11) is 0. The predicted octanol–water partition coefficient (Wildman–Crippen LogP) is -2.62. The summed E-state index contributed by atoms with van der Waals surface area (Å²) in [4.78, 5) is 0. The van der Waals surface area contributed by atoms with Crippen LogP contribution in [0.15, 0.2) is 0 Å². The van der Waals surface area contributed by atoms with Crippen LogP contribution in [0.1, 0.15) is 26.2 Å². The molecule has 0 aliphatic rings. The third-order valence-electron chi connectivity index (χ3n) is 6.83. The molecule has 0 radical (unpaired) electrons. The Bertz CT molecular complexity index is 716. The van der Waals surface area contributed by atoms with Gasteiger partial charge in [-0.25, -0.2) is 0 Å². The van der Waals surface area contributed by atoms with E-state index in [1.807, 2.05) is 6.92 Å². The van der Waals surface area contributed by atoms with Gasteiger partial charge in [0.2, 0.25) is 0 Å². The van der Waals surface area contributed by atoms with Gasteiger partial charge in [-0.15, -0.1) is 0 Å². The summed E-state index contributed by atoms with van der Waals surface area (Å²) in [5, 5.41) is 63.6. The summed E-state index contributed by atoms with van der Waals surface area (Å²) >= 11 is 0. The van der Waals surface area contributed by atoms with E-state index in [1.54, 1.807) is 0 Å². The van der Waals surface area contributed by atoms with Crippen LogP contribution >= 0.6 is 0 Å². The van der Waals surface area contributed by atoms with Crippen molar-refractivity contribution in [2.24, 2.45) is 0 Å². The zero-order chi connectivity index (χ0) is 39.0. The van der Waals surface area contributed by atoms with Gasteiger partial charge in [-0.05, 0) is 26.2 Å². The van der Waals surface area contributed by atoms with E-state index in [-0.39, 0.29) is 118 Å². The first-order chi connectivity index (χ1) is 26.0. The SMILES string of the molecule is CCOC(COCC(COCCCO)OCCCO)COCC(COCC(COCC(COCC(COCO)OCO)OCO)OCO)OCCCO. The average molecular weight is 785 g/mol. The molecule has 0 aromatic carbocycles. The molecule has 7 N–H and O–H groups in total. The second kappa shape index (κ2) is 40.9. The Morgan fingerprint density at radius 1 is 0.302 bits per heavy atom. The summed E-state index contributed by atoms with van der Waals surface area (Å²) in [6, 6.07) is 0. The number of aliphatic hydroxyl groups is 7. The highest BCUT2D eigenvalue weighted by Gasteiger charge is 2.19. The highest BCUT2D eigenvalue weighted by molar-refractivity contribution is 4.64. The third-order valence-corrected chi connectivity index (χ3v) is 6.83. The van der Waals surface area contributed by atoms with Gasteiger partial charge in [0.15, 0.2) is 0 Å². The van der Waals surface area contributed by atoms with Crippen molar-refractivity contribution in [2.45, 2.75) is 62.8 Å². The van der Waals surface area contributed by atoms with Gasteiger partial charge in [0.1, 0.15) is 63.8 Å². The van der Waals surface area contributed by atoms with Crippen molar-refractivity contribution in [3.8, 4) is 0 Å². The standard InChI is InChI=1S/C33H68O20/c1-2-48-28(13-42-15-29(49-10-4-7-35)12-41-9-3-6-34)14-43-16-30(50-11-5-8-36)17-44-18-31(51-25-38)19-45-20-32(52-26-39)21-46-22-33(53-27-40)23-47-24-37/h28-40H,2-27H2,1H3. The molecular formula is C33H68O20. The number of hydrogen-bond donors (Lipinski definition) is 7. The minimum atomic E-state index is -0.667. The van der Waals surface area contributed by atoms with Crippen molar-refractivity contribution < 1.29 is 97.3 Å². The van der Waals surface area contributed by atoms with Crippen LogP contribution in [-0.2, 0) is 61.6 Å². The molecule has 20 heteroatoms. The number of rotatable bonds is 44. The van der Waals surface area contributed by atoms with E-state index in [2.05, 4.69) is 0 Å². The maximum absolute atomic E-state index is 9.38. The summed E-state index contributed by atoms with van der Waals surface area (Å²) in [6.45, 7) is 2.41. The lowest BCUT2D eigenvalue weighted by atomic mass is 10.3. The second-order valence-electron chi connectivity index (χ2n) is 11.3. The van der Waals surface area contributed by atoms with Crippen molar-refractivity contribution >= 4 is 0 Å². The zero-order valence-corrected chi connectivity index (χ0v) is 31.3. The first-order valence-electron chi connectivity index (χ1n) is 18.0. The molecule has 0 aliphatic heterocycles. The molecule has 320 valence electrons. The van der Waals surface area contributed by atoms with Gasteiger partial charge in [0, 0.05) is 46.2 Å². The number of ether oxygens (including phenoxy) is 13.